The Balaban J connectivity index is 2.73. The number of anilines is 1. The number of rotatable bonds is 9. The fourth-order valence-corrected chi connectivity index (χ4v) is 3.15. The zero-order valence-corrected chi connectivity index (χ0v) is 16.7. The number of carboxylic acids is 1. The fraction of sp³-hybridized carbons (Fsp3) is 0.444. The molecule has 2 aromatic heterocycles. The van der Waals surface area contributed by atoms with E-state index in [0.29, 0.717) is 29.8 Å². The summed E-state index contributed by atoms with van der Waals surface area (Å²) in [5, 5.41) is 24.1. The van der Waals surface area contributed by atoms with Crippen molar-refractivity contribution >= 4 is 17.6 Å². The van der Waals surface area contributed by atoms with Crippen LogP contribution in [0.5, 0.6) is 5.75 Å². The van der Waals surface area contributed by atoms with Gasteiger partial charge in [-0.05, 0) is 20.3 Å². The molecule has 29 heavy (non-hydrogen) atoms. The number of carbonyl (C=O) groups is 1. The van der Waals surface area contributed by atoms with Gasteiger partial charge < -0.3 is 15.6 Å². The van der Waals surface area contributed by atoms with Crippen LogP contribution in [0, 0.1) is 24.0 Å². The number of nitro groups is 1. The molecule has 0 amide bonds. The number of aliphatic carboxylic acids is 1. The molecular formula is C18H24N6O5. The van der Waals surface area contributed by atoms with E-state index in [1.807, 2.05) is 13.8 Å². The number of ether oxygens (including phenoxy) is 1. The summed E-state index contributed by atoms with van der Waals surface area (Å²) in [5.74, 6) is -0.705. The highest BCUT2D eigenvalue weighted by Gasteiger charge is 2.33. The summed E-state index contributed by atoms with van der Waals surface area (Å²) < 4.78 is 5.43. The van der Waals surface area contributed by atoms with Crippen molar-refractivity contribution in [2.24, 2.45) is 0 Å². The molecule has 2 heterocycles. The number of pyridine rings is 1. The molecule has 0 aliphatic heterocycles. The summed E-state index contributed by atoms with van der Waals surface area (Å²) in [6.45, 7) is 5.40. The van der Waals surface area contributed by atoms with E-state index in [-0.39, 0.29) is 11.6 Å². The van der Waals surface area contributed by atoms with Gasteiger partial charge in [0.25, 0.3) is 0 Å². The summed E-state index contributed by atoms with van der Waals surface area (Å²) in [4.78, 5) is 34.8. The van der Waals surface area contributed by atoms with Crippen LogP contribution in [0.3, 0.4) is 0 Å². The molecule has 0 aliphatic carbocycles. The Labute approximate surface area is 167 Å². The van der Waals surface area contributed by atoms with Gasteiger partial charge in [0.05, 0.1) is 17.7 Å². The number of nitrogens with two attached hydrogens (primary N) is 1. The topological polar surface area (TPSA) is 166 Å². The number of aryl methyl sites for hydroxylation is 1. The van der Waals surface area contributed by atoms with E-state index < -0.39 is 28.7 Å². The number of methoxy groups -OCH3 is 1. The van der Waals surface area contributed by atoms with Gasteiger partial charge in [0.15, 0.2) is 0 Å². The standard InChI is InChI=1S/C18H24N6O5/c1-5-6-11(17(25)26)22-15(13-10(3)16(29-4)9(2)7-20-13)14-12(24(27)28)8-21-18(19)23-14/h7-8,11,15,22H,5-6H2,1-4H3,(H,25,26)(H2,19,21,23)/t11-,15?/m0/s1. The highest BCUT2D eigenvalue weighted by Crippen LogP contribution is 2.34. The molecule has 11 heteroatoms. The van der Waals surface area contributed by atoms with Crippen LogP contribution in [0.1, 0.15) is 48.3 Å². The predicted molar refractivity (Wildman–Crippen MR) is 105 cm³/mol. The second-order valence-corrected chi connectivity index (χ2v) is 6.52. The van der Waals surface area contributed by atoms with Gasteiger partial charge in [0.1, 0.15) is 29.7 Å². The number of hydrogen-bond acceptors (Lipinski definition) is 9. The molecule has 0 saturated heterocycles. The first-order valence-electron chi connectivity index (χ1n) is 8.96. The Morgan fingerprint density at radius 1 is 1.34 bits per heavy atom. The molecule has 0 bridgehead atoms. The summed E-state index contributed by atoms with van der Waals surface area (Å²) >= 11 is 0. The molecule has 0 spiro atoms. The van der Waals surface area contributed by atoms with E-state index in [0.717, 1.165) is 11.8 Å². The minimum Gasteiger partial charge on any atom is -0.496 e. The Kier molecular flexibility index (Phi) is 6.99. The van der Waals surface area contributed by atoms with Crippen molar-refractivity contribution in [3.05, 3.63) is 45.0 Å². The fourth-order valence-electron chi connectivity index (χ4n) is 3.15. The van der Waals surface area contributed by atoms with Crippen LogP contribution in [0.15, 0.2) is 12.4 Å². The van der Waals surface area contributed by atoms with Crippen molar-refractivity contribution in [1.82, 2.24) is 20.3 Å². The zero-order valence-electron chi connectivity index (χ0n) is 16.7. The highest BCUT2D eigenvalue weighted by atomic mass is 16.6. The number of nitrogen functional groups attached to an aromatic ring is 1. The van der Waals surface area contributed by atoms with Gasteiger partial charge in [0, 0.05) is 17.3 Å². The first kappa shape index (κ1) is 22.0. The monoisotopic (exact) mass is 404 g/mol. The van der Waals surface area contributed by atoms with E-state index in [4.69, 9.17) is 10.5 Å². The number of aromatic nitrogens is 3. The van der Waals surface area contributed by atoms with Crippen molar-refractivity contribution in [1.29, 1.82) is 0 Å². The number of nitrogens with zero attached hydrogens (tertiary/aromatic N) is 4. The Morgan fingerprint density at radius 2 is 2.03 bits per heavy atom. The van der Waals surface area contributed by atoms with Crippen LogP contribution >= 0.6 is 0 Å². The molecule has 0 saturated carbocycles. The van der Waals surface area contributed by atoms with Crippen molar-refractivity contribution in [3.8, 4) is 5.75 Å². The quantitative estimate of drug-likeness (QED) is 0.415. The zero-order chi connectivity index (χ0) is 21.7. The van der Waals surface area contributed by atoms with E-state index in [1.165, 1.54) is 7.11 Å². The number of carboxylic acid groups (broad SMARTS) is 1. The molecule has 2 rings (SSSR count). The summed E-state index contributed by atoms with van der Waals surface area (Å²) in [6, 6.07) is -1.99. The summed E-state index contributed by atoms with van der Waals surface area (Å²) in [7, 11) is 1.50. The number of nitrogens with one attached hydrogen (secondary N) is 1. The third kappa shape index (κ3) is 4.74. The van der Waals surface area contributed by atoms with E-state index in [1.54, 1.807) is 13.1 Å². The van der Waals surface area contributed by atoms with Crippen molar-refractivity contribution in [3.63, 3.8) is 0 Å². The van der Waals surface area contributed by atoms with Gasteiger partial charge in [-0.15, -0.1) is 0 Å². The molecule has 0 aromatic carbocycles. The van der Waals surface area contributed by atoms with Gasteiger partial charge in [-0.3, -0.25) is 25.2 Å². The van der Waals surface area contributed by atoms with Gasteiger partial charge in [-0.25, -0.2) is 9.97 Å². The lowest BCUT2D eigenvalue weighted by atomic mass is 9.99. The lowest BCUT2D eigenvalue weighted by Crippen LogP contribution is -2.40. The SMILES string of the molecule is CCC[C@H](NC(c1nc(N)ncc1[N+](=O)[O-])c1ncc(C)c(OC)c1C)C(=O)O. The molecule has 4 N–H and O–H groups in total. The lowest BCUT2D eigenvalue weighted by Gasteiger charge is -2.24. The van der Waals surface area contributed by atoms with Gasteiger partial charge >= 0.3 is 11.7 Å². The molecule has 1 unspecified atom stereocenters. The normalized spacial score (nSPS) is 13.0. The molecule has 2 aromatic rings. The Hall–Kier alpha value is -3.34. The van der Waals surface area contributed by atoms with Crippen LogP contribution in [0.4, 0.5) is 11.6 Å². The minimum atomic E-state index is -1.08. The van der Waals surface area contributed by atoms with Crippen molar-refractivity contribution < 1.29 is 19.6 Å². The van der Waals surface area contributed by atoms with Gasteiger partial charge in [-0.2, -0.15) is 0 Å². The maximum absolute atomic E-state index is 11.7. The van der Waals surface area contributed by atoms with Gasteiger partial charge in [-0.1, -0.05) is 13.3 Å². The average molecular weight is 404 g/mol. The lowest BCUT2D eigenvalue weighted by molar-refractivity contribution is -0.386. The van der Waals surface area contributed by atoms with Crippen molar-refractivity contribution in [2.45, 2.75) is 45.7 Å². The molecule has 0 aliphatic rings. The minimum absolute atomic E-state index is 0.0636. The second kappa shape index (κ2) is 9.24. The summed E-state index contributed by atoms with van der Waals surface area (Å²) in [6.07, 6.45) is 3.46. The Bertz CT molecular complexity index is 920. The largest absolute Gasteiger partial charge is 0.496 e. The smallest absolute Gasteiger partial charge is 0.320 e. The first-order valence-corrected chi connectivity index (χ1v) is 8.96. The third-order valence-corrected chi connectivity index (χ3v) is 4.49. The summed E-state index contributed by atoms with van der Waals surface area (Å²) in [5.41, 5.74) is 6.96. The van der Waals surface area contributed by atoms with E-state index in [2.05, 4.69) is 20.3 Å². The van der Waals surface area contributed by atoms with E-state index in [9.17, 15) is 20.0 Å². The molecule has 2 atom stereocenters. The molecule has 11 nitrogen and oxygen atoms in total. The maximum atomic E-state index is 11.7. The van der Waals surface area contributed by atoms with Crippen LogP contribution in [0.25, 0.3) is 0 Å². The van der Waals surface area contributed by atoms with Gasteiger partial charge in [0.2, 0.25) is 5.95 Å². The van der Waals surface area contributed by atoms with Crippen LogP contribution in [-0.2, 0) is 4.79 Å². The predicted octanol–water partition coefficient (Wildman–Crippen LogP) is 1.92. The van der Waals surface area contributed by atoms with E-state index >= 15 is 0 Å². The first-order chi connectivity index (χ1) is 13.7. The number of hydrogen-bond donors (Lipinski definition) is 3. The third-order valence-electron chi connectivity index (χ3n) is 4.49. The molecule has 0 fully saturated rings. The Morgan fingerprint density at radius 3 is 2.59 bits per heavy atom. The molecule has 156 valence electrons. The van der Waals surface area contributed by atoms with Crippen molar-refractivity contribution in [2.75, 3.05) is 12.8 Å². The van der Waals surface area contributed by atoms with Crippen LogP contribution in [0.2, 0.25) is 0 Å². The molecular weight excluding hydrogens is 380 g/mol. The maximum Gasteiger partial charge on any atom is 0.320 e. The highest BCUT2D eigenvalue weighted by molar-refractivity contribution is 5.73. The van der Waals surface area contributed by atoms with Crippen LogP contribution < -0.4 is 15.8 Å². The van der Waals surface area contributed by atoms with Crippen LogP contribution in [-0.4, -0.2) is 44.1 Å². The second-order valence-electron chi connectivity index (χ2n) is 6.52. The average Bonchev–Trinajstić information content (AvgIpc) is 2.65. The molecule has 0 radical (unpaired) electrons.